The minimum Gasteiger partial charge on any atom is -0.352 e. The molecule has 138 valence electrons. The summed E-state index contributed by atoms with van der Waals surface area (Å²) in [5.41, 5.74) is 1.77. The Balaban J connectivity index is 0.00000312. The molecule has 0 aliphatic carbocycles. The molecule has 0 atom stereocenters. The van der Waals surface area contributed by atoms with Crippen molar-refractivity contribution in [3.8, 4) is 0 Å². The molecule has 0 bridgehead atoms. The van der Waals surface area contributed by atoms with Gasteiger partial charge in [0.05, 0.1) is 11.4 Å². The average molecular weight is 493 g/mol. The summed E-state index contributed by atoms with van der Waals surface area (Å²) in [5, 5.41) is 6.52. The highest BCUT2D eigenvalue weighted by Gasteiger charge is 2.11. The number of aliphatic imine (C=N–C) groups is 1. The van der Waals surface area contributed by atoms with Crippen LogP contribution < -0.4 is 10.6 Å². The summed E-state index contributed by atoms with van der Waals surface area (Å²) in [6.07, 6.45) is 1.23. The van der Waals surface area contributed by atoms with Gasteiger partial charge < -0.3 is 10.6 Å². The van der Waals surface area contributed by atoms with E-state index in [4.69, 9.17) is 0 Å². The second-order valence-electron chi connectivity index (χ2n) is 5.66. The quantitative estimate of drug-likeness (QED) is 0.381. The fraction of sp³-hybridized carbons (Fsp3) is 0.353. The van der Waals surface area contributed by atoms with Crippen molar-refractivity contribution in [2.75, 3.05) is 13.3 Å². The maximum absolute atomic E-state index is 11.7. The summed E-state index contributed by atoms with van der Waals surface area (Å²) in [6, 6.07) is 9.58. The Hall–Kier alpha value is -1.13. The smallest absolute Gasteiger partial charge is 0.191 e. The van der Waals surface area contributed by atoms with Gasteiger partial charge >= 0.3 is 0 Å². The van der Waals surface area contributed by atoms with Gasteiger partial charge in [-0.15, -0.1) is 35.3 Å². The molecule has 1 aromatic carbocycles. The number of thiophene rings is 1. The normalized spacial score (nSPS) is 11.8. The SMILES string of the molecule is CN=C(NCc1ccc(S(C)(=O)=O)c(C)c1)NCc1ccc(C)s1.I. The first-order valence-corrected chi connectivity index (χ1v) is 10.3. The van der Waals surface area contributed by atoms with Gasteiger partial charge in [-0.3, -0.25) is 4.99 Å². The van der Waals surface area contributed by atoms with Crippen molar-refractivity contribution in [2.24, 2.45) is 4.99 Å². The fourth-order valence-corrected chi connectivity index (χ4v) is 4.18. The number of guanidine groups is 1. The Morgan fingerprint density at radius 2 is 1.80 bits per heavy atom. The molecule has 0 spiro atoms. The van der Waals surface area contributed by atoms with Gasteiger partial charge in [-0.25, -0.2) is 8.42 Å². The molecule has 0 aliphatic heterocycles. The van der Waals surface area contributed by atoms with Crippen molar-refractivity contribution in [3.05, 3.63) is 51.2 Å². The van der Waals surface area contributed by atoms with E-state index in [1.165, 1.54) is 16.0 Å². The number of hydrogen-bond donors (Lipinski definition) is 2. The predicted molar refractivity (Wildman–Crippen MR) is 116 cm³/mol. The highest BCUT2D eigenvalue weighted by Crippen LogP contribution is 2.17. The first-order valence-electron chi connectivity index (χ1n) is 7.59. The average Bonchev–Trinajstić information content (AvgIpc) is 2.92. The lowest BCUT2D eigenvalue weighted by Gasteiger charge is -2.12. The van der Waals surface area contributed by atoms with Crippen LogP contribution in [-0.4, -0.2) is 27.7 Å². The Bertz CT molecular complexity index is 845. The molecule has 5 nitrogen and oxygen atoms in total. The Morgan fingerprint density at radius 3 is 2.32 bits per heavy atom. The molecule has 0 radical (unpaired) electrons. The molecular formula is C17H24IN3O2S2. The minimum absolute atomic E-state index is 0. The summed E-state index contributed by atoms with van der Waals surface area (Å²) in [7, 11) is -1.45. The lowest BCUT2D eigenvalue weighted by atomic mass is 10.1. The maximum Gasteiger partial charge on any atom is 0.191 e. The number of benzene rings is 1. The van der Waals surface area contributed by atoms with E-state index in [9.17, 15) is 8.42 Å². The largest absolute Gasteiger partial charge is 0.352 e. The van der Waals surface area contributed by atoms with Crippen LogP contribution >= 0.6 is 35.3 Å². The van der Waals surface area contributed by atoms with Crippen LogP contribution in [0.25, 0.3) is 0 Å². The van der Waals surface area contributed by atoms with E-state index in [2.05, 4.69) is 34.7 Å². The topological polar surface area (TPSA) is 70.6 Å². The summed E-state index contributed by atoms with van der Waals surface area (Å²) >= 11 is 1.76. The van der Waals surface area contributed by atoms with Crippen LogP contribution in [0.2, 0.25) is 0 Å². The van der Waals surface area contributed by atoms with E-state index in [1.54, 1.807) is 24.5 Å². The molecule has 0 fully saturated rings. The second-order valence-corrected chi connectivity index (χ2v) is 9.02. The van der Waals surface area contributed by atoms with Crippen molar-refractivity contribution >= 4 is 51.1 Å². The first kappa shape index (κ1) is 21.9. The van der Waals surface area contributed by atoms with Gasteiger partial charge in [0.15, 0.2) is 15.8 Å². The first-order chi connectivity index (χ1) is 11.3. The van der Waals surface area contributed by atoms with Gasteiger partial charge in [-0.05, 0) is 43.2 Å². The van der Waals surface area contributed by atoms with Crippen LogP contribution in [-0.2, 0) is 22.9 Å². The molecule has 0 amide bonds. The van der Waals surface area contributed by atoms with Crippen LogP contribution in [0.4, 0.5) is 0 Å². The van der Waals surface area contributed by atoms with Gasteiger partial charge in [-0.2, -0.15) is 0 Å². The molecule has 0 unspecified atom stereocenters. The molecule has 1 heterocycles. The number of hydrogen-bond acceptors (Lipinski definition) is 4. The van der Waals surface area contributed by atoms with Gasteiger partial charge in [0.1, 0.15) is 0 Å². The zero-order valence-corrected chi connectivity index (χ0v) is 18.8. The lowest BCUT2D eigenvalue weighted by molar-refractivity contribution is 0.601. The second kappa shape index (κ2) is 9.54. The van der Waals surface area contributed by atoms with Crippen molar-refractivity contribution in [1.29, 1.82) is 0 Å². The highest BCUT2D eigenvalue weighted by atomic mass is 127. The number of aryl methyl sites for hydroxylation is 2. The Labute approximate surface area is 170 Å². The third-order valence-corrected chi connectivity index (χ3v) is 5.81. The van der Waals surface area contributed by atoms with Crippen molar-refractivity contribution in [3.63, 3.8) is 0 Å². The molecule has 0 saturated carbocycles. The zero-order valence-electron chi connectivity index (χ0n) is 14.8. The van der Waals surface area contributed by atoms with E-state index in [1.807, 2.05) is 19.1 Å². The van der Waals surface area contributed by atoms with Gasteiger partial charge in [0, 0.05) is 29.6 Å². The van der Waals surface area contributed by atoms with Crippen LogP contribution in [0.15, 0.2) is 40.2 Å². The summed E-state index contributed by atoms with van der Waals surface area (Å²) in [6.45, 7) is 5.20. The van der Waals surface area contributed by atoms with Crippen LogP contribution in [0.3, 0.4) is 0 Å². The number of rotatable bonds is 5. The molecule has 25 heavy (non-hydrogen) atoms. The number of sulfone groups is 1. The summed E-state index contributed by atoms with van der Waals surface area (Å²) in [5.74, 6) is 0.714. The lowest BCUT2D eigenvalue weighted by Crippen LogP contribution is -2.36. The Kier molecular flexibility index (Phi) is 8.36. The molecule has 2 N–H and O–H groups in total. The molecule has 0 saturated heterocycles. The van der Waals surface area contributed by atoms with Crippen molar-refractivity contribution < 1.29 is 8.42 Å². The zero-order chi connectivity index (χ0) is 17.7. The van der Waals surface area contributed by atoms with Crippen molar-refractivity contribution in [2.45, 2.75) is 31.8 Å². The molecule has 2 rings (SSSR count). The number of nitrogens with one attached hydrogen (secondary N) is 2. The molecular weight excluding hydrogens is 469 g/mol. The van der Waals surface area contributed by atoms with E-state index in [0.717, 1.165) is 17.7 Å². The molecule has 2 aromatic rings. The Morgan fingerprint density at radius 1 is 1.12 bits per heavy atom. The highest BCUT2D eigenvalue weighted by molar-refractivity contribution is 14.0. The summed E-state index contributed by atoms with van der Waals surface area (Å²) < 4.78 is 23.3. The number of halogens is 1. The maximum atomic E-state index is 11.7. The fourth-order valence-electron chi connectivity index (χ4n) is 2.39. The standard InChI is InChI=1S/C17H23N3O2S2.HI/c1-12-9-14(6-8-16(12)24(4,21)22)10-19-17(18-3)20-11-15-7-5-13(2)23-15;/h5-9H,10-11H2,1-4H3,(H2,18,19,20);1H. The number of nitrogens with zero attached hydrogens (tertiary/aromatic N) is 1. The van der Waals surface area contributed by atoms with Gasteiger partial charge in [0.25, 0.3) is 0 Å². The molecule has 0 aliphatic rings. The van der Waals surface area contributed by atoms with E-state index in [-0.39, 0.29) is 24.0 Å². The van der Waals surface area contributed by atoms with Gasteiger partial charge in [0.2, 0.25) is 0 Å². The van der Waals surface area contributed by atoms with Crippen molar-refractivity contribution in [1.82, 2.24) is 10.6 Å². The van der Waals surface area contributed by atoms with E-state index in [0.29, 0.717) is 17.4 Å². The van der Waals surface area contributed by atoms with Crippen LogP contribution in [0, 0.1) is 13.8 Å². The molecule has 8 heteroatoms. The van der Waals surface area contributed by atoms with E-state index < -0.39 is 9.84 Å². The van der Waals surface area contributed by atoms with Crippen LogP contribution in [0.1, 0.15) is 20.9 Å². The van der Waals surface area contributed by atoms with Gasteiger partial charge in [-0.1, -0.05) is 12.1 Å². The predicted octanol–water partition coefficient (Wildman–Crippen LogP) is 3.25. The van der Waals surface area contributed by atoms with E-state index >= 15 is 0 Å². The van der Waals surface area contributed by atoms with Crippen LogP contribution in [0.5, 0.6) is 0 Å². The monoisotopic (exact) mass is 493 g/mol. The minimum atomic E-state index is -3.18. The summed E-state index contributed by atoms with van der Waals surface area (Å²) in [4.78, 5) is 7.13. The molecule has 1 aromatic heterocycles. The third kappa shape index (κ3) is 6.59. The third-order valence-electron chi connectivity index (χ3n) is 3.55.